The summed E-state index contributed by atoms with van der Waals surface area (Å²) in [5.74, 6) is 1.10. The number of carbonyl (C=O) groups excluding carboxylic acids is 2. The minimum absolute atomic E-state index is 0.0337. The highest BCUT2D eigenvalue weighted by atomic mass is 16.3. The van der Waals surface area contributed by atoms with E-state index in [-0.39, 0.29) is 34.6 Å². The molecule has 0 spiro atoms. The van der Waals surface area contributed by atoms with Crippen molar-refractivity contribution in [3.05, 3.63) is 29.3 Å². The van der Waals surface area contributed by atoms with E-state index in [0.29, 0.717) is 11.7 Å². The van der Waals surface area contributed by atoms with Gasteiger partial charge in [-0.25, -0.2) is 0 Å². The number of nitrogens with zero attached hydrogens (tertiary/aromatic N) is 2. The third-order valence-electron chi connectivity index (χ3n) is 9.50. The molecule has 1 N–H and O–H groups in total. The standard InChI is InChI=1S/C26H36N2O3/c1-25(2)22-16-19-20(6-4-7-21(19)29)26(25,3)12-15-28(22)24(31)18-10-8-17(9-11-18)23(30)27-13-5-14-27/h4,6-7,17-18,22,29H,5,8-16H2,1-3H3/t17?,18?,22-,26+/m1/s1. The lowest BCUT2D eigenvalue weighted by atomic mass is 9.51. The van der Waals surface area contributed by atoms with Crippen LogP contribution in [-0.4, -0.2) is 52.4 Å². The molecule has 1 aromatic rings. The van der Waals surface area contributed by atoms with Crippen LogP contribution in [0.3, 0.4) is 0 Å². The Balaban J connectivity index is 1.33. The molecule has 4 aliphatic rings. The van der Waals surface area contributed by atoms with E-state index in [2.05, 4.69) is 31.7 Å². The molecule has 0 aromatic heterocycles. The molecule has 1 aromatic carbocycles. The van der Waals surface area contributed by atoms with E-state index in [0.717, 1.165) is 70.1 Å². The Morgan fingerprint density at radius 2 is 1.61 bits per heavy atom. The van der Waals surface area contributed by atoms with Gasteiger partial charge >= 0.3 is 0 Å². The molecule has 0 unspecified atom stereocenters. The van der Waals surface area contributed by atoms with E-state index in [9.17, 15) is 14.7 Å². The average Bonchev–Trinajstić information content (AvgIpc) is 2.70. The predicted octanol–water partition coefficient (Wildman–Crippen LogP) is 3.87. The van der Waals surface area contributed by atoms with Crippen molar-refractivity contribution >= 4 is 11.8 Å². The number of likely N-dealkylation sites (tertiary alicyclic amines) is 2. The first-order valence-electron chi connectivity index (χ1n) is 12.1. The highest BCUT2D eigenvalue weighted by molar-refractivity contribution is 5.82. The summed E-state index contributed by atoms with van der Waals surface area (Å²) in [5.41, 5.74) is 2.16. The molecule has 168 valence electrons. The molecule has 5 heteroatoms. The molecule has 5 rings (SSSR count). The van der Waals surface area contributed by atoms with Gasteiger partial charge in [0, 0.05) is 42.9 Å². The van der Waals surface area contributed by atoms with Crippen molar-refractivity contribution in [3.8, 4) is 5.75 Å². The van der Waals surface area contributed by atoms with Crippen molar-refractivity contribution in [1.29, 1.82) is 0 Å². The molecular weight excluding hydrogens is 388 g/mol. The molecule has 0 radical (unpaired) electrons. The summed E-state index contributed by atoms with van der Waals surface area (Å²) in [6.45, 7) is 9.51. The molecule has 2 amide bonds. The number of phenols is 1. The zero-order chi connectivity index (χ0) is 22.0. The van der Waals surface area contributed by atoms with Gasteiger partial charge in [-0.15, -0.1) is 0 Å². The minimum atomic E-state index is -0.0631. The Kier molecular flexibility index (Phi) is 4.87. The number of rotatable bonds is 2. The number of benzene rings is 1. The normalized spacial score (nSPS) is 34.0. The molecule has 2 saturated heterocycles. The van der Waals surface area contributed by atoms with Crippen LogP contribution in [0.4, 0.5) is 0 Å². The number of aromatic hydroxyl groups is 1. The minimum Gasteiger partial charge on any atom is -0.508 e. The van der Waals surface area contributed by atoms with Crippen molar-refractivity contribution < 1.29 is 14.7 Å². The predicted molar refractivity (Wildman–Crippen MR) is 120 cm³/mol. The molecule has 2 bridgehead atoms. The second kappa shape index (κ2) is 7.25. The van der Waals surface area contributed by atoms with Crippen molar-refractivity contribution in [2.24, 2.45) is 17.3 Å². The Morgan fingerprint density at radius 3 is 2.23 bits per heavy atom. The average molecular weight is 425 g/mol. The first-order chi connectivity index (χ1) is 14.7. The molecule has 2 aliphatic carbocycles. The third kappa shape index (κ3) is 3.02. The summed E-state index contributed by atoms with van der Waals surface area (Å²) in [5, 5.41) is 10.6. The lowest BCUT2D eigenvalue weighted by Crippen LogP contribution is -2.65. The van der Waals surface area contributed by atoms with Gasteiger partial charge < -0.3 is 14.9 Å². The summed E-state index contributed by atoms with van der Waals surface area (Å²) in [7, 11) is 0. The quantitative estimate of drug-likeness (QED) is 0.784. The van der Waals surface area contributed by atoms with Crippen LogP contribution in [0.2, 0.25) is 0 Å². The first kappa shape index (κ1) is 20.8. The summed E-state index contributed by atoms with van der Waals surface area (Å²) in [6, 6.07) is 5.99. The Labute approximate surface area is 185 Å². The fourth-order valence-electron chi connectivity index (χ4n) is 6.81. The van der Waals surface area contributed by atoms with Gasteiger partial charge in [-0.05, 0) is 67.6 Å². The monoisotopic (exact) mass is 424 g/mol. The Bertz CT molecular complexity index is 898. The second-order valence-corrected chi connectivity index (χ2v) is 11.1. The number of amides is 2. The van der Waals surface area contributed by atoms with Gasteiger partial charge in [0.25, 0.3) is 0 Å². The Morgan fingerprint density at radius 1 is 0.968 bits per heavy atom. The van der Waals surface area contributed by atoms with Gasteiger partial charge in [-0.1, -0.05) is 32.9 Å². The molecule has 31 heavy (non-hydrogen) atoms. The maximum absolute atomic E-state index is 13.7. The maximum Gasteiger partial charge on any atom is 0.225 e. The third-order valence-corrected chi connectivity index (χ3v) is 9.50. The van der Waals surface area contributed by atoms with Crippen molar-refractivity contribution in [2.75, 3.05) is 19.6 Å². The van der Waals surface area contributed by atoms with Gasteiger partial charge in [0.1, 0.15) is 5.75 Å². The van der Waals surface area contributed by atoms with E-state index < -0.39 is 0 Å². The second-order valence-electron chi connectivity index (χ2n) is 11.1. The molecule has 2 aliphatic heterocycles. The van der Waals surface area contributed by atoms with E-state index in [4.69, 9.17) is 0 Å². The molecular formula is C26H36N2O3. The molecule has 5 nitrogen and oxygen atoms in total. The van der Waals surface area contributed by atoms with Crippen LogP contribution in [0.1, 0.15) is 70.4 Å². The van der Waals surface area contributed by atoms with Crippen LogP contribution >= 0.6 is 0 Å². The van der Waals surface area contributed by atoms with E-state index in [1.54, 1.807) is 6.07 Å². The van der Waals surface area contributed by atoms with Crippen molar-refractivity contribution in [1.82, 2.24) is 9.80 Å². The van der Waals surface area contributed by atoms with Gasteiger partial charge in [0.15, 0.2) is 0 Å². The van der Waals surface area contributed by atoms with Crippen molar-refractivity contribution in [2.45, 2.75) is 77.2 Å². The summed E-state index contributed by atoms with van der Waals surface area (Å²) in [6.07, 6.45) is 6.10. The fraction of sp³-hybridized carbons (Fsp3) is 0.692. The number of piperidine rings is 1. The number of phenolic OH excluding ortho intramolecular Hbond substituents is 1. The zero-order valence-corrected chi connectivity index (χ0v) is 19.2. The molecule has 1 saturated carbocycles. The van der Waals surface area contributed by atoms with Crippen LogP contribution < -0.4 is 0 Å². The summed E-state index contributed by atoms with van der Waals surface area (Å²) >= 11 is 0. The topological polar surface area (TPSA) is 60.9 Å². The molecule has 3 fully saturated rings. The highest BCUT2D eigenvalue weighted by Gasteiger charge is 2.57. The lowest BCUT2D eigenvalue weighted by molar-refractivity contribution is -0.151. The number of hydrogen-bond donors (Lipinski definition) is 1. The summed E-state index contributed by atoms with van der Waals surface area (Å²) < 4.78 is 0. The maximum atomic E-state index is 13.7. The number of hydrogen-bond acceptors (Lipinski definition) is 3. The van der Waals surface area contributed by atoms with Crippen LogP contribution in [0.5, 0.6) is 5.75 Å². The van der Waals surface area contributed by atoms with Gasteiger partial charge in [0.2, 0.25) is 11.8 Å². The SMILES string of the molecule is CC1(C)[C@H]2Cc3c(O)cccc3[C@]1(C)CCN2C(=O)C1CCC(C(=O)N2CCC2)CC1. The smallest absolute Gasteiger partial charge is 0.225 e. The Hall–Kier alpha value is -2.04. The first-order valence-corrected chi connectivity index (χ1v) is 12.1. The van der Waals surface area contributed by atoms with Crippen molar-refractivity contribution in [3.63, 3.8) is 0 Å². The van der Waals surface area contributed by atoms with Gasteiger partial charge in [-0.3, -0.25) is 9.59 Å². The zero-order valence-electron chi connectivity index (χ0n) is 19.2. The number of fused-ring (bicyclic) bond motifs is 4. The van der Waals surface area contributed by atoms with Crippen LogP contribution in [0, 0.1) is 17.3 Å². The number of carbonyl (C=O) groups is 2. The van der Waals surface area contributed by atoms with E-state index in [1.807, 2.05) is 11.0 Å². The largest absolute Gasteiger partial charge is 0.508 e. The van der Waals surface area contributed by atoms with E-state index >= 15 is 0 Å². The summed E-state index contributed by atoms with van der Waals surface area (Å²) in [4.78, 5) is 30.4. The molecule has 2 atom stereocenters. The van der Waals surface area contributed by atoms with E-state index in [1.165, 1.54) is 5.56 Å². The fourth-order valence-corrected chi connectivity index (χ4v) is 6.81. The van der Waals surface area contributed by atoms with Gasteiger partial charge in [-0.2, -0.15) is 0 Å². The van der Waals surface area contributed by atoms with Crippen LogP contribution in [-0.2, 0) is 21.4 Å². The highest BCUT2D eigenvalue weighted by Crippen LogP contribution is 2.57. The van der Waals surface area contributed by atoms with Gasteiger partial charge in [0.05, 0.1) is 0 Å². The van der Waals surface area contributed by atoms with Crippen LogP contribution in [0.15, 0.2) is 18.2 Å². The molecule has 2 heterocycles. The lowest BCUT2D eigenvalue weighted by Gasteiger charge is -2.61. The van der Waals surface area contributed by atoms with Crippen LogP contribution in [0.25, 0.3) is 0 Å².